The highest BCUT2D eigenvalue weighted by molar-refractivity contribution is 7.95. The fourth-order valence-electron chi connectivity index (χ4n) is 2.28. The summed E-state index contributed by atoms with van der Waals surface area (Å²) in [5.74, 6) is -0.938. The number of carbonyl (C=O) groups is 1. The van der Waals surface area contributed by atoms with Crippen LogP contribution in [0.2, 0.25) is 0 Å². The van der Waals surface area contributed by atoms with Gasteiger partial charge in [-0.2, -0.15) is 0 Å². The molecular weight excluding hydrogens is 264 g/mol. The van der Waals surface area contributed by atoms with E-state index in [9.17, 15) is 13.2 Å². The van der Waals surface area contributed by atoms with Crippen molar-refractivity contribution in [2.24, 2.45) is 5.41 Å². The van der Waals surface area contributed by atoms with Crippen molar-refractivity contribution in [1.29, 1.82) is 0 Å². The SMILES string of the molecule is Cc1cccc2c1S(=O)(=O)C=C2CC(C)(C)C(=O)O. The number of benzene rings is 1. The highest BCUT2D eigenvalue weighted by Gasteiger charge is 2.34. The zero-order valence-electron chi connectivity index (χ0n) is 11.1. The zero-order chi connectivity index (χ0) is 14.4. The van der Waals surface area contributed by atoms with Crippen LogP contribution in [0.5, 0.6) is 0 Å². The van der Waals surface area contributed by atoms with Crippen LogP contribution in [0.25, 0.3) is 5.57 Å². The molecule has 0 spiro atoms. The molecule has 0 bridgehead atoms. The summed E-state index contributed by atoms with van der Waals surface area (Å²) in [4.78, 5) is 11.5. The largest absolute Gasteiger partial charge is 0.481 e. The number of fused-ring (bicyclic) bond motifs is 1. The molecule has 0 amide bonds. The van der Waals surface area contributed by atoms with Crippen LogP contribution >= 0.6 is 0 Å². The summed E-state index contributed by atoms with van der Waals surface area (Å²) in [7, 11) is -3.44. The van der Waals surface area contributed by atoms with E-state index in [1.54, 1.807) is 39.0 Å². The minimum absolute atomic E-state index is 0.192. The fourth-order valence-corrected chi connectivity index (χ4v) is 4.01. The molecule has 0 fully saturated rings. The van der Waals surface area contributed by atoms with Crippen LogP contribution < -0.4 is 0 Å². The van der Waals surface area contributed by atoms with E-state index in [0.717, 1.165) is 0 Å². The van der Waals surface area contributed by atoms with Crippen molar-refractivity contribution in [3.63, 3.8) is 0 Å². The predicted molar refractivity (Wildman–Crippen MR) is 72.4 cm³/mol. The third-order valence-electron chi connectivity index (χ3n) is 3.35. The van der Waals surface area contributed by atoms with E-state index in [4.69, 9.17) is 5.11 Å². The van der Waals surface area contributed by atoms with Gasteiger partial charge in [-0.3, -0.25) is 4.79 Å². The van der Waals surface area contributed by atoms with Gasteiger partial charge in [-0.15, -0.1) is 0 Å². The lowest BCUT2D eigenvalue weighted by Gasteiger charge is -2.19. The predicted octanol–water partition coefficient (Wildman–Crippen LogP) is 2.62. The Labute approximate surface area is 112 Å². The summed E-state index contributed by atoms with van der Waals surface area (Å²) in [6.07, 6.45) is 0.192. The van der Waals surface area contributed by atoms with Gasteiger partial charge < -0.3 is 5.11 Å². The molecule has 1 N–H and O–H groups in total. The van der Waals surface area contributed by atoms with Crippen LogP contribution in [0, 0.1) is 12.3 Å². The van der Waals surface area contributed by atoms with E-state index in [1.165, 1.54) is 5.41 Å². The van der Waals surface area contributed by atoms with Gasteiger partial charge in [0.05, 0.1) is 10.3 Å². The minimum atomic E-state index is -3.44. The van der Waals surface area contributed by atoms with Crippen molar-refractivity contribution in [1.82, 2.24) is 0 Å². The molecule has 1 aliphatic rings. The maximum atomic E-state index is 12.1. The van der Waals surface area contributed by atoms with E-state index in [0.29, 0.717) is 21.6 Å². The lowest BCUT2D eigenvalue weighted by molar-refractivity contribution is -0.146. The molecule has 5 heteroatoms. The van der Waals surface area contributed by atoms with Crippen LogP contribution in [0.15, 0.2) is 28.5 Å². The van der Waals surface area contributed by atoms with Crippen molar-refractivity contribution >= 4 is 21.4 Å². The number of carboxylic acid groups (broad SMARTS) is 1. The van der Waals surface area contributed by atoms with Gasteiger partial charge in [-0.1, -0.05) is 18.2 Å². The quantitative estimate of drug-likeness (QED) is 0.923. The molecule has 0 atom stereocenters. The molecule has 0 unspecified atom stereocenters. The van der Waals surface area contributed by atoms with Crippen molar-refractivity contribution in [3.8, 4) is 0 Å². The summed E-state index contributed by atoms with van der Waals surface area (Å²) >= 11 is 0. The number of hydrogen-bond acceptors (Lipinski definition) is 3. The second-order valence-electron chi connectivity index (χ2n) is 5.51. The van der Waals surface area contributed by atoms with Crippen molar-refractivity contribution in [2.45, 2.75) is 32.1 Å². The Hall–Kier alpha value is -1.62. The molecule has 1 heterocycles. The molecule has 19 heavy (non-hydrogen) atoms. The van der Waals surface area contributed by atoms with E-state index in [-0.39, 0.29) is 6.42 Å². The van der Waals surface area contributed by atoms with E-state index in [1.807, 2.05) is 0 Å². The highest BCUT2D eigenvalue weighted by atomic mass is 32.2. The van der Waals surface area contributed by atoms with E-state index in [2.05, 4.69) is 0 Å². The maximum absolute atomic E-state index is 12.1. The molecule has 1 aliphatic heterocycles. The Morgan fingerprint density at radius 1 is 1.32 bits per heavy atom. The van der Waals surface area contributed by atoms with Gasteiger partial charge in [0.25, 0.3) is 0 Å². The molecule has 102 valence electrons. The second-order valence-corrected chi connectivity index (χ2v) is 7.24. The summed E-state index contributed by atoms with van der Waals surface area (Å²) < 4.78 is 24.2. The average Bonchev–Trinajstić information content (AvgIpc) is 2.50. The minimum Gasteiger partial charge on any atom is -0.481 e. The molecule has 0 aliphatic carbocycles. The van der Waals surface area contributed by atoms with Gasteiger partial charge in [0.2, 0.25) is 9.84 Å². The second kappa shape index (κ2) is 4.20. The Bertz CT molecular complexity index is 681. The number of carboxylic acids is 1. The molecule has 2 rings (SSSR count). The topological polar surface area (TPSA) is 71.4 Å². The summed E-state index contributed by atoms with van der Waals surface area (Å²) in [5.41, 5.74) is 0.907. The van der Waals surface area contributed by atoms with Gasteiger partial charge >= 0.3 is 5.97 Å². The lowest BCUT2D eigenvalue weighted by Crippen LogP contribution is -2.23. The molecule has 0 saturated heterocycles. The van der Waals surface area contributed by atoms with Gasteiger partial charge in [-0.05, 0) is 43.9 Å². The molecule has 0 radical (unpaired) electrons. The van der Waals surface area contributed by atoms with Crippen LogP contribution in [0.1, 0.15) is 31.4 Å². The fraction of sp³-hybridized carbons (Fsp3) is 0.357. The van der Waals surface area contributed by atoms with Crippen LogP contribution in [-0.4, -0.2) is 19.5 Å². The Kier molecular flexibility index (Phi) is 3.05. The third-order valence-corrected chi connectivity index (χ3v) is 5.06. The number of sulfone groups is 1. The monoisotopic (exact) mass is 280 g/mol. The number of allylic oxidation sites excluding steroid dienone is 1. The van der Waals surface area contributed by atoms with E-state index >= 15 is 0 Å². The smallest absolute Gasteiger partial charge is 0.309 e. The first kappa shape index (κ1) is 13.8. The van der Waals surface area contributed by atoms with Gasteiger partial charge in [0.15, 0.2) is 0 Å². The van der Waals surface area contributed by atoms with E-state index < -0.39 is 21.2 Å². The van der Waals surface area contributed by atoms with Crippen molar-refractivity contribution in [2.75, 3.05) is 0 Å². The van der Waals surface area contributed by atoms with Crippen LogP contribution in [-0.2, 0) is 14.6 Å². The number of rotatable bonds is 3. The molecule has 0 aromatic heterocycles. The molecule has 1 aromatic rings. The number of aliphatic carboxylic acids is 1. The van der Waals surface area contributed by atoms with Crippen molar-refractivity contribution in [3.05, 3.63) is 34.7 Å². The normalized spacial score (nSPS) is 16.9. The van der Waals surface area contributed by atoms with Crippen LogP contribution in [0.4, 0.5) is 0 Å². The van der Waals surface area contributed by atoms with Crippen molar-refractivity contribution < 1.29 is 18.3 Å². The number of hydrogen-bond donors (Lipinski definition) is 1. The summed E-state index contributed by atoms with van der Waals surface area (Å²) in [6.45, 7) is 4.93. The Balaban J connectivity index is 2.53. The highest BCUT2D eigenvalue weighted by Crippen LogP contribution is 2.41. The number of aryl methyl sites for hydroxylation is 1. The molecule has 4 nitrogen and oxygen atoms in total. The lowest BCUT2D eigenvalue weighted by atomic mass is 9.84. The maximum Gasteiger partial charge on any atom is 0.309 e. The average molecular weight is 280 g/mol. The van der Waals surface area contributed by atoms with Gasteiger partial charge in [0, 0.05) is 5.41 Å². The summed E-state index contributed by atoms with van der Waals surface area (Å²) in [5, 5.41) is 10.4. The Morgan fingerprint density at radius 2 is 1.95 bits per heavy atom. The zero-order valence-corrected chi connectivity index (χ0v) is 11.9. The molecular formula is C14H16O4S. The first-order valence-corrected chi connectivity index (χ1v) is 7.49. The first-order chi connectivity index (χ1) is 8.65. The van der Waals surface area contributed by atoms with Gasteiger partial charge in [0.1, 0.15) is 0 Å². The third kappa shape index (κ3) is 2.30. The Morgan fingerprint density at radius 3 is 2.53 bits per heavy atom. The molecule has 1 aromatic carbocycles. The summed E-state index contributed by atoms with van der Waals surface area (Å²) in [6, 6.07) is 5.27. The first-order valence-electron chi connectivity index (χ1n) is 5.94. The standard InChI is InChI=1S/C14H16O4S/c1-9-5-4-6-11-10(7-14(2,3)13(15)16)8-19(17,18)12(9)11/h4-6,8H,7H2,1-3H3,(H,15,16). The van der Waals surface area contributed by atoms with Crippen LogP contribution in [0.3, 0.4) is 0 Å². The van der Waals surface area contributed by atoms with Gasteiger partial charge in [-0.25, -0.2) is 8.42 Å². The molecule has 0 saturated carbocycles.